The number of benzene rings is 1. The lowest BCUT2D eigenvalue weighted by Crippen LogP contribution is -2.43. The minimum Gasteiger partial charge on any atom is -0.353 e. The van der Waals surface area contributed by atoms with Gasteiger partial charge < -0.3 is 14.7 Å². The average molecular weight is 422 g/mol. The summed E-state index contributed by atoms with van der Waals surface area (Å²) in [6.07, 6.45) is 3.53. The first kappa shape index (κ1) is 20.9. The van der Waals surface area contributed by atoms with Gasteiger partial charge in [-0.1, -0.05) is 35.5 Å². The van der Waals surface area contributed by atoms with Gasteiger partial charge in [0.05, 0.1) is 0 Å². The van der Waals surface area contributed by atoms with Gasteiger partial charge in [0.25, 0.3) is 11.4 Å². The quantitative estimate of drug-likeness (QED) is 0.646. The highest BCUT2D eigenvalue weighted by atomic mass is 16.5. The van der Waals surface area contributed by atoms with Gasteiger partial charge in [0, 0.05) is 30.8 Å². The zero-order valence-electron chi connectivity index (χ0n) is 17.7. The summed E-state index contributed by atoms with van der Waals surface area (Å²) in [7, 11) is 2.08. The van der Waals surface area contributed by atoms with Crippen LogP contribution in [0.3, 0.4) is 0 Å². The highest BCUT2D eigenvalue weighted by Crippen LogP contribution is 2.19. The van der Waals surface area contributed by atoms with Gasteiger partial charge in [-0.05, 0) is 39.9 Å². The molecule has 1 saturated heterocycles. The van der Waals surface area contributed by atoms with Crippen LogP contribution in [0.2, 0.25) is 0 Å². The van der Waals surface area contributed by atoms with E-state index in [1.807, 2.05) is 30.3 Å². The SMILES string of the molecule is Cc1ncc(-c2nc(-c3ccccc3)no2)c(=O)n1CCC(=O)NC1CCN(C)CC1. The van der Waals surface area contributed by atoms with Crippen molar-refractivity contribution in [3.8, 4) is 22.8 Å². The number of nitrogens with one attached hydrogen (secondary N) is 1. The van der Waals surface area contributed by atoms with Crippen molar-refractivity contribution in [2.75, 3.05) is 20.1 Å². The van der Waals surface area contributed by atoms with Crippen molar-refractivity contribution in [2.45, 2.75) is 38.8 Å². The van der Waals surface area contributed by atoms with E-state index in [4.69, 9.17) is 4.52 Å². The molecule has 1 fully saturated rings. The number of amides is 1. The summed E-state index contributed by atoms with van der Waals surface area (Å²) < 4.78 is 6.80. The fourth-order valence-electron chi connectivity index (χ4n) is 3.69. The molecule has 0 saturated carbocycles. The predicted molar refractivity (Wildman–Crippen MR) is 115 cm³/mol. The molecule has 2 aromatic heterocycles. The zero-order valence-corrected chi connectivity index (χ0v) is 17.7. The number of rotatable bonds is 6. The second-order valence-corrected chi connectivity index (χ2v) is 7.86. The summed E-state index contributed by atoms with van der Waals surface area (Å²) in [6, 6.07) is 9.58. The first-order valence-corrected chi connectivity index (χ1v) is 10.4. The third kappa shape index (κ3) is 4.88. The molecule has 162 valence electrons. The van der Waals surface area contributed by atoms with Gasteiger partial charge >= 0.3 is 0 Å². The second-order valence-electron chi connectivity index (χ2n) is 7.86. The number of carbonyl (C=O) groups is 1. The maximum atomic E-state index is 13.0. The highest BCUT2D eigenvalue weighted by molar-refractivity contribution is 5.76. The topological polar surface area (TPSA) is 106 Å². The van der Waals surface area contributed by atoms with Crippen LogP contribution in [0.4, 0.5) is 0 Å². The van der Waals surface area contributed by atoms with Crippen LogP contribution in [0.25, 0.3) is 22.8 Å². The predicted octanol–water partition coefficient (Wildman–Crippen LogP) is 1.87. The van der Waals surface area contributed by atoms with Gasteiger partial charge in [0.1, 0.15) is 11.4 Å². The third-order valence-electron chi connectivity index (χ3n) is 5.58. The number of aryl methyl sites for hydroxylation is 1. The number of likely N-dealkylation sites (tertiary alicyclic amines) is 1. The fraction of sp³-hybridized carbons (Fsp3) is 0.409. The molecule has 0 aliphatic carbocycles. The number of carbonyl (C=O) groups excluding carboxylic acids is 1. The molecule has 0 radical (unpaired) electrons. The number of piperidine rings is 1. The lowest BCUT2D eigenvalue weighted by molar-refractivity contribution is -0.122. The van der Waals surface area contributed by atoms with Crippen molar-refractivity contribution < 1.29 is 9.32 Å². The van der Waals surface area contributed by atoms with Crippen molar-refractivity contribution in [1.82, 2.24) is 29.9 Å². The van der Waals surface area contributed by atoms with E-state index in [1.54, 1.807) is 6.92 Å². The Labute approximate surface area is 180 Å². The maximum absolute atomic E-state index is 13.0. The van der Waals surface area contributed by atoms with Crippen LogP contribution in [0.1, 0.15) is 25.1 Å². The Balaban J connectivity index is 1.46. The van der Waals surface area contributed by atoms with Crippen molar-refractivity contribution in [3.63, 3.8) is 0 Å². The molecule has 0 atom stereocenters. The van der Waals surface area contributed by atoms with Gasteiger partial charge in [-0.3, -0.25) is 14.2 Å². The summed E-state index contributed by atoms with van der Waals surface area (Å²) in [5.41, 5.74) is 0.710. The molecule has 3 aromatic rings. The molecule has 3 heterocycles. The molecule has 31 heavy (non-hydrogen) atoms. The molecule has 1 N–H and O–H groups in total. The summed E-state index contributed by atoms with van der Waals surface area (Å²) >= 11 is 0. The Kier molecular flexibility index (Phi) is 6.22. The van der Waals surface area contributed by atoms with Crippen molar-refractivity contribution in [2.24, 2.45) is 0 Å². The molecule has 9 heteroatoms. The Morgan fingerprint density at radius 1 is 1.23 bits per heavy atom. The van der Waals surface area contributed by atoms with Crippen molar-refractivity contribution >= 4 is 5.91 Å². The van der Waals surface area contributed by atoms with Gasteiger partial charge in [-0.2, -0.15) is 4.98 Å². The van der Waals surface area contributed by atoms with Crippen LogP contribution in [-0.4, -0.2) is 56.7 Å². The van der Waals surface area contributed by atoms with Crippen LogP contribution in [-0.2, 0) is 11.3 Å². The van der Waals surface area contributed by atoms with Crippen LogP contribution < -0.4 is 10.9 Å². The monoisotopic (exact) mass is 422 g/mol. The zero-order chi connectivity index (χ0) is 21.8. The minimum absolute atomic E-state index is 0.0598. The molecule has 0 bridgehead atoms. The van der Waals surface area contributed by atoms with E-state index in [2.05, 4.69) is 32.4 Å². The van der Waals surface area contributed by atoms with E-state index in [0.29, 0.717) is 11.6 Å². The molecular formula is C22H26N6O3. The van der Waals surface area contributed by atoms with Gasteiger partial charge in [-0.15, -0.1) is 0 Å². The molecule has 1 aliphatic rings. The van der Waals surface area contributed by atoms with E-state index in [9.17, 15) is 9.59 Å². The van der Waals surface area contributed by atoms with E-state index in [-0.39, 0.29) is 41.9 Å². The van der Waals surface area contributed by atoms with Crippen molar-refractivity contribution in [3.05, 3.63) is 52.7 Å². The summed E-state index contributed by atoms with van der Waals surface area (Å²) in [5.74, 6) is 0.986. The van der Waals surface area contributed by atoms with Crippen molar-refractivity contribution in [1.29, 1.82) is 0 Å². The Hall–Kier alpha value is -3.33. The number of hydrogen-bond donors (Lipinski definition) is 1. The van der Waals surface area contributed by atoms with Gasteiger partial charge in [0.2, 0.25) is 11.7 Å². The van der Waals surface area contributed by atoms with Gasteiger partial charge in [0.15, 0.2) is 0 Å². The van der Waals surface area contributed by atoms with E-state index in [0.717, 1.165) is 31.5 Å². The molecule has 1 aromatic carbocycles. The first-order valence-electron chi connectivity index (χ1n) is 10.4. The molecular weight excluding hydrogens is 396 g/mol. The van der Waals surface area contributed by atoms with E-state index < -0.39 is 0 Å². The maximum Gasteiger partial charge on any atom is 0.266 e. The third-order valence-corrected chi connectivity index (χ3v) is 5.58. The lowest BCUT2D eigenvalue weighted by atomic mass is 10.1. The van der Waals surface area contributed by atoms with E-state index >= 15 is 0 Å². The van der Waals surface area contributed by atoms with E-state index in [1.165, 1.54) is 10.8 Å². The van der Waals surface area contributed by atoms with Crippen LogP contribution in [0, 0.1) is 6.92 Å². The summed E-state index contributed by atoms with van der Waals surface area (Å²) in [6.45, 7) is 3.93. The first-order chi connectivity index (χ1) is 15.0. The number of aromatic nitrogens is 4. The largest absolute Gasteiger partial charge is 0.353 e. The van der Waals surface area contributed by atoms with Crippen LogP contribution >= 0.6 is 0 Å². The van der Waals surface area contributed by atoms with Crippen LogP contribution in [0.15, 0.2) is 45.8 Å². The normalized spacial score (nSPS) is 15.2. The molecule has 4 rings (SSSR count). The van der Waals surface area contributed by atoms with Crippen LogP contribution in [0.5, 0.6) is 0 Å². The molecule has 1 amide bonds. The molecule has 9 nitrogen and oxygen atoms in total. The summed E-state index contributed by atoms with van der Waals surface area (Å²) in [5, 5.41) is 7.05. The Morgan fingerprint density at radius 2 is 1.97 bits per heavy atom. The molecule has 1 aliphatic heterocycles. The Morgan fingerprint density at radius 3 is 2.71 bits per heavy atom. The average Bonchev–Trinajstić information content (AvgIpc) is 3.26. The lowest BCUT2D eigenvalue weighted by Gasteiger charge is -2.29. The fourth-order valence-corrected chi connectivity index (χ4v) is 3.69. The molecule has 0 spiro atoms. The molecule has 0 unspecified atom stereocenters. The summed E-state index contributed by atoms with van der Waals surface area (Å²) in [4.78, 5) is 36.3. The smallest absolute Gasteiger partial charge is 0.266 e. The Bertz CT molecular complexity index is 1100. The van der Waals surface area contributed by atoms with Gasteiger partial charge in [-0.25, -0.2) is 4.98 Å². The number of hydrogen-bond acceptors (Lipinski definition) is 7. The highest BCUT2D eigenvalue weighted by Gasteiger charge is 2.20. The minimum atomic E-state index is -0.303. The second kappa shape index (κ2) is 9.22. The standard InChI is InChI=1S/C22H26N6O3/c1-15-23-14-18(21-25-20(26-31-21)16-6-4-3-5-7-16)22(30)28(15)13-10-19(29)24-17-8-11-27(2)12-9-17/h3-7,14,17H,8-13H2,1-2H3,(H,24,29). The number of nitrogens with zero attached hydrogens (tertiary/aromatic N) is 5.